The van der Waals surface area contributed by atoms with Gasteiger partial charge in [0.2, 0.25) is 0 Å². The summed E-state index contributed by atoms with van der Waals surface area (Å²) < 4.78 is 12.9. The Morgan fingerprint density at radius 1 is 1.15 bits per heavy atom. The fourth-order valence-electron chi connectivity index (χ4n) is 3.60. The van der Waals surface area contributed by atoms with Gasteiger partial charge < -0.3 is 24.3 Å². The van der Waals surface area contributed by atoms with Gasteiger partial charge in [0, 0.05) is 48.4 Å². The Labute approximate surface area is 154 Å². The van der Waals surface area contributed by atoms with Crippen LogP contribution < -0.4 is 14.8 Å². The number of rotatable bonds is 5. The van der Waals surface area contributed by atoms with Crippen molar-refractivity contribution in [3.05, 3.63) is 41.7 Å². The third kappa shape index (κ3) is 3.49. The highest BCUT2D eigenvalue weighted by atomic mass is 16.5. The number of ether oxygens (including phenoxy) is 2. The minimum absolute atomic E-state index is 0.0925. The molecule has 1 N–H and O–H groups in total. The first-order valence-electron chi connectivity index (χ1n) is 9.04. The number of benzene rings is 1. The number of methoxy groups -OCH3 is 2. The van der Waals surface area contributed by atoms with Gasteiger partial charge in [-0.05, 0) is 25.5 Å². The third-order valence-electron chi connectivity index (χ3n) is 4.94. The molecule has 0 unspecified atom stereocenters. The summed E-state index contributed by atoms with van der Waals surface area (Å²) in [6.45, 7) is 5.78. The van der Waals surface area contributed by atoms with Crippen LogP contribution in [0.4, 0.5) is 10.5 Å². The number of urea groups is 1. The lowest BCUT2D eigenvalue weighted by Crippen LogP contribution is -2.44. The van der Waals surface area contributed by atoms with Crippen LogP contribution in [0.5, 0.6) is 11.5 Å². The van der Waals surface area contributed by atoms with Gasteiger partial charge in [-0.1, -0.05) is 13.3 Å². The molecule has 3 rings (SSSR count). The molecule has 0 fully saturated rings. The highest BCUT2D eigenvalue weighted by Crippen LogP contribution is 2.32. The van der Waals surface area contributed by atoms with E-state index in [0.717, 1.165) is 19.4 Å². The van der Waals surface area contributed by atoms with Gasteiger partial charge in [0.05, 0.1) is 20.3 Å². The van der Waals surface area contributed by atoms with Crippen LogP contribution in [0.25, 0.3) is 0 Å². The van der Waals surface area contributed by atoms with Gasteiger partial charge in [0.1, 0.15) is 11.5 Å². The number of hydrogen-bond donors (Lipinski definition) is 1. The number of fused-ring (bicyclic) bond motifs is 1. The average Bonchev–Trinajstić information content (AvgIpc) is 3.03. The van der Waals surface area contributed by atoms with Gasteiger partial charge in [0.25, 0.3) is 0 Å². The van der Waals surface area contributed by atoms with Crippen molar-refractivity contribution < 1.29 is 14.3 Å². The number of carbonyl (C=O) groups excluding carboxylic acids is 1. The fourth-order valence-corrected chi connectivity index (χ4v) is 3.60. The molecular formula is C20H27N3O3. The molecule has 2 aromatic rings. The lowest BCUT2D eigenvalue weighted by molar-refractivity contribution is 0.162. The number of nitrogens with one attached hydrogen (secondary N) is 1. The summed E-state index contributed by atoms with van der Waals surface area (Å²) in [5, 5.41) is 3.00. The van der Waals surface area contributed by atoms with E-state index in [1.165, 1.54) is 11.4 Å². The topological polar surface area (TPSA) is 55.7 Å². The van der Waals surface area contributed by atoms with Crippen molar-refractivity contribution in [2.24, 2.45) is 0 Å². The Kier molecular flexibility index (Phi) is 5.40. The molecule has 0 radical (unpaired) electrons. The Morgan fingerprint density at radius 2 is 1.85 bits per heavy atom. The summed E-state index contributed by atoms with van der Waals surface area (Å²) in [5.74, 6) is 1.29. The molecular weight excluding hydrogens is 330 g/mol. The molecule has 0 saturated carbocycles. The van der Waals surface area contributed by atoms with Crippen LogP contribution in [-0.4, -0.2) is 36.3 Å². The minimum atomic E-state index is -0.0936. The first-order chi connectivity index (χ1) is 12.6. The molecule has 1 aliphatic heterocycles. The van der Waals surface area contributed by atoms with Crippen molar-refractivity contribution >= 4 is 11.7 Å². The molecule has 1 aromatic heterocycles. The Hall–Kier alpha value is -2.63. The van der Waals surface area contributed by atoms with Gasteiger partial charge in [-0.3, -0.25) is 0 Å². The summed E-state index contributed by atoms with van der Waals surface area (Å²) in [5.41, 5.74) is 3.13. The van der Waals surface area contributed by atoms with Crippen molar-refractivity contribution in [3.63, 3.8) is 0 Å². The molecule has 1 aromatic carbocycles. The largest absolute Gasteiger partial charge is 0.497 e. The highest BCUT2D eigenvalue weighted by Gasteiger charge is 2.31. The number of nitrogens with zero attached hydrogens (tertiary/aromatic N) is 2. The second-order valence-corrected chi connectivity index (χ2v) is 6.58. The molecule has 1 atom stereocenters. The number of aromatic nitrogens is 1. The fraction of sp³-hybridized carbons (Fsp3) is 0.450. The van der Waals surface area contributed by atoms with Crippen molar-refractivity contribution in [2.45, 2.75) is 39.3 Å². The Bertz CT molecular complexity index is 762. The van der Waals surface area contributed by atoms with E-state index in [-0.39, 0.29) is 12.1 Å². The van der Waals surface area contributed by atoms with Crippen molar-refractivity contribution in [1.29, 1.82) is 0 Å². The molecule has 0 saturated heterocycles. The zero-order valence-corrected chi connectivity index (χ0v) is 15.9. The molecule has 2 amide bonds. The maximum Gasteiger partial charge on any atom is 0.322 e. The molecule has 1 aliphatic rings. The van der Waals surface area contributed by atoms with Gasteiger partial charge in [-0.25, -0.2) is 4.79 Å². The molecule has 0 bridgehead atoms. The van der Waals surface area contributed by atoms with Gasteiger partial charge in [-0.2, -0.15) is 0 Å². The Morgan fingerprint density at radius 3 is 2.46 bits per heavy atom. The Balaban J connectivity index is 1.83. The predicted molar refractivity (Wildman–Crippen MR) is 102 cm³/mol. The summed E-state index contributed by atoms with van der Waals surface area (Å²) in [4.78, 5) is 14.9. The van der Waals surface area contributed by atoms with Crippen molar-refractivity contribution in [2.75, 3.05) is 26.1 Å². The van der Waals surface area contributed by atoms with E-state index in [2.05, 4.69) is 35.9 Å². The average molecular weight is 357 g/mol. The van der Waals surface area contributed by atoms with Gasteiger partial charge in [-0.15, -0.1) is 0 Å². The molecule has 0 aliphatic carbocycles. The van der Waals surface area contributed by atoms with Crippen molar-refractivity contribution in [1.82, 2.24) is 9.47 Å². The van der Waals surface area contributed by atoms with Crippen LogP contribution in [0.3, 0.4) is 0 Å². The third-order valence-corrected chi connectivity index (χ3v) is 4.94. The van der Waals surface area contributed by atoms with Crippen LogP contribution in [0.2, 0.25) is 0 Å². The summed E-state index contributed by atoms with van der Waals surface area (Å²) in [6.07, 6.45) is 1.96. The van der Waals surface area contributed by atoms with E-state index in [1.807, 2.05) is 4.90 Å². The first-order valence-corrected chi connectivity index (χ1v) is 9.04. The van der Waals surface area contributed by atoms with E-state index in [1.54, 1.807) is 32.4 Å². The summed E-state index contributed by atoms with van der Waals surface area (Å²) in [6, 6.07) is 9.65. The maximum absolute atomic E-state index is 13.0. The van der Waals surface area contributed by atoms with Crippen LogP contribution in [0, 0.1) is 6.92 Å². The van der Waals surface area contributed by atoms with Gasteiger partial charge >= 0.3 is 6.03 Å². The number of anilines is 1. The van der Waals surface area contributed by atoms with Gasteiger partial charge in [0.15, 0.2) is 0 Å². The normalized spacial score (nSPS) is 16.2. The predicted octanol–water partition coefficient (Wildman–Crippen LogP) is 4.20. The maximum atomic E-state index is 13.0. The molecule has 6 heteroatoms. The monoisotopic (exact) mass is 357 g/mol. The SMILES string of the molecule is CCC[C@H]1c2ccc(C)n2CCN1C(=O)Nc1cc(OC)cc(OC)c1. The van der Waals surface area contributed by atoms with Crippen LogP contribution in [0.15, 0.2) is 30.3 Å². The quantitative estimate of drug-likeness (QED) is 0.872. The first kappa shape index (κ1) is 18.2. The number of aryl methyl sites for hydroxylation is 1. The van der Waals surface area contributed by atoms with E-state index >= 15 is 0 Å². The van der Waals surface area contributed by atoms with E-state index < -0.39 is 0 Å². The zero-order valence-electron chi connectivity index (χ0n) is 15.9. The number of hydrogen-bond acceptors (Lipinski definition) is 3. The standard InChI is InChI=1S/C20H27N3O3/c1-5-6-18-19-8-7-14(2)22(19)9-10-23(18)20(24)21-15-11-16(25-3)13-17(12-15)26-4/h7-8,11-13,18H,5-6,9-10H2,1-4H3,(H,21,24)/t18-/m0/s1. The zero-order chi connectivity index (χ0) is 18.7. The van der Waals surface area contributed by atoms with E-state index in [4.69, 9.17) is 9.47 Å². The highest BCUT2D eigenvalue weighted by molar-refractivity contribution is 5.90. The van der Waals surface area contributed by atoms with Crippen LogP contribution >= 0.6 is 0 Å². The lowest BCUT2D eigenvalue weighted by Gasteiger charge is -2.37. The molecule has 2 heterocycles. The van der Waals surface area contributed by atoms with Crippen molar-refractivity contribution in [3.8, 4) is 11.5 Å². The molecule has 140 valence electrons. The minimum Gasteiger partial charge on any atom is -0.497 e. The second-order valence-electron chi connectivity index (χ2n) is 6.58. The molecule has 0 spiro atoms. The second kappa shape index (κ2) is 7.72. The molecule has 26 heavy (non-hydrogen) atoms. The number of amides is 2. The molecule has 6 nitrogen and oxygen atoms in total. The smallest absolute Gasteiger partial charge is 0.322 e. The van der Waals surface area contributed by atoms with Crippen LogP contribution in [0.1, 0.15) is 37.2 Å². The lowest BCUT2D eigenvalue weighted by atomic mass is 10.0. The summed E-state index contributed by atoms with van der Waals surface area (Å²) >= 11 is 0. The van der Waals surface area contributed by atoms with E-state index in [9.17, 15) is 4.79 Å². The van der Waals surface area contributed by atoms with Crippen LogP contribution in [-0.2, 0) is 6.54 Å². The number of carbonyl (C=O) groups is 1. The van der Waals surface area contributed by atoms with E-state index in [0.29, 0.717) is 23.7 Å². The summed E-state index contributed by atoms with van der Waals surface area (Å²) in [7, 11) is 3.19.